The van der Waals surface area contributed by atoms with E-state index in [4.69, 9.17) is 11.6 Å². The lowest BCUT2D eigenvalue weighted by atomic mass is 10.2. The zero-order valence-electron chi connectivity index (χ0n) is 12.5. The summed E-state index contributed by atoms with van der Waals surface area (Å²) in [7, 11) is 1.88. The fraction of sp³-hybridized carbons (Fsp3) is 0.188. The lowest BCUT2D eigenvalue weighted by Gasteiger charge is -2.31. The zero-order chi connectivity index (χ0) is 16.4. The predicted octanol–water partition coefficient (Wildman–Crippen LogP) is 1.89. The van der Waals surface area contributed by atoms with Gasteiger partial charge in [0, 0.05) is 24.0 Å². The van der Waals surface area contributed by atoms with Gasteiger partial charge in [0.05, 0.1) is 11.9 Å². The molecule has 3 rings (SSSR count). The fourth-order valence-corrected chi connectivity index (χ4v) is 2.51. The molecule has 1 fully saturated rings. The molecule has 7 heteroatoms. The highest BCUT2D eigenvalue weighted by molar-refractivity contribution is 6.31. The van der Waals surface area contributed by atoms with Crippen LogP contribution >= 0.6 is 11.6 Å². The van der Waals surface area contributed by atoms with Crippen LogP contribution in [0.2, 0.25) is 5.02 Å². The molecule has 6 nitrogen and oxygen atoms in total. The summed E-state index contributed by atoms with van der Waals surface area (Å²) in [5.74, 6) is -0.439. The Morgan fingerprint density at radius 2 is 1.96 bits per heavy atom. The van der Waals surface area contributed by atoms with Gasteiger partial charge in [0.1, 0.15) is 13.1 Å². The predicted molar refractivity (Wildman–Crippen MR) is 88.5 cm³/mol. The van der Waals surface area contributed by atoms with E-state index >= 15 is 0 Å². The van der Waals surface area contributed by atoms with Crippen LogP contribution in [0.25, 0.3) is 0 Å². The highest BCUT2D eigenvalue weighted by atomic mass is 35.5. The summed E-state index contributed by atoms with van der Waals surface area (Å²) >= 11 is 5.94. The van der Waals surface area contributed by atoms with Crippen LogP contribution in [0.4, 0.5) is 5.69 Å². The van der Waals surface area contributed by atoms with E-state index in [2.05, 4.69) is 5.10 Å². The van der Waals surface area contributed by atoms with E-state index in [-0.39, 0.29) is 24.9 Å². The molecular weight excluding hydrogens is 316 g/mol. The van der Waals surface area contributed by atoms with Crippen molar-refractivity contribution in [1.82, 2.24) is 9.58 Å². The Kier molecular flexibility index (Phi) is 4.16. The smallest absolute Gasteiger partial charge is 0.263 e. The van der Waals surface area contributed by atoms with Gasteiger partial charge in [-0.1, -0.05) is 17.7 Å². The monoisotopic (exact) mass is 330 g/mol. The van der Waals surface area contributed by atoms with Crippen molar-refractivity contribution >= 4 is 35.3 Å². The molecule has 23 heavy (non-hydrogen) atoms. The second-order valence-corrected chi connectivity index (χ2v) is 5.64. The number of anilines is 1. The molecule has 0 atom stereocenters. The molecule has 1 saturated heterocycles. The summed E-state index contributed by atoms with van der Waals surface area (Å²) < 4.78 is 1.87. The van der Waals surface area contributed by atoms with Crippen molar-refractivity contribution in [1.29, 1.82) is 0 Å². The maximum Gasteiger partial charge on any atom is 0.263 e. The van der Waals surface area contributed by atoms with Crippen LogP contribution in [0, 0.1) is 0 Å². The van der Waals surface area contributed by atoms with Gasteiger partial charge in [0.25, 0.3) is 5.91 Å². The van der Waals surface area contributed by atoms with Crippen LogP contribution in [-0.4, -0.2) is 40.7 Å². The first-order valence-electron chi connectivity index (χ1n) is 7.06. The van der Waals surface area contributed by atoms with Crippen molar-refractivity contribution in [2.45, 2.75) is 0 Å². The number of benzene rings is 1. The second-order valence-electron chi connectivity index (χ2n) is 5.20. The molecule has 0 saturated carbocycles. The number of hydrogen-bond acceptors (Lipinski definition) is 3. The summed E-state index contributed by atoms with van der Waals surface area (Å²) in [6.07, 6.45) is 3.45. The number of aryl methyl sites for hydroxylation is 1. The third kappa shape index (κ3) is 3.27. The molecule has 0 spiro atoms. The maximum atomic E-state index is 12.3. The minimum absolute atomic E-state index is 0.0519. The molecule has 2 amide bonds. The van der Waals surface area contributed by atoms with E-state index in [9.17, 15) is 9.59 Å². The van der Waals surface area contributed by atoms with Crippen LogP contribution in [0.15, 0.2) is 47.7 Å². The molecule has 0 aliphatic carbocycles. The summed E-state index contributed by atoms with van der Waals surface area (Å²) in [5, 5.41) is 5.84. The van der Waals surface area contributed by atoms with Crippen molar-refractivity contribution in [3.8, 4) is 0 Å². The lowest BCUT2D eigenvalue weighted by Crippen LogP contribution is -2.52. The van der Waals surface area contributed by atoms with E-state index in [0.29, 0.717) is 10.7 Å². The summed E-state index contributed by atoms with van der Waals surface area (Å²) in [4.78, 5) is 26.0. The Morgan fingerprint density at radius 1 is 1.13 bits per heavy atom. The molecule has 0 N–H and O–H groups in total. The van der Waals surface area contributed by atoms with Gasteiger partial charge < -0.3 is 9.47 Å². The van der Waals surface area contributed by atoms with Crippen molar-refractivity contribution in [2.24, 2.45) is 12.1 Å². The number of rotatable bonds is 3. The summed E-state index contributed by atoms with van der Waals surface area (Å²) in [6.45, 7) is -0.143. The van der Waals surface area contributed by atoms with Crippen LogP contribution in [0.5, 0.6) is 0 Å². The van der Waals surface area contributed by atoms with Gasteiger partial charge in [0.15, 0.2) is 0 Å². The molecule has 0 bridgehead atoms. The third-order valence-corrected chi connectivity index (χ3v) is 3.84. The minimum Gasteiger partial charge on any atom is -0.350 e. The number of carbonyl (C=O) groups excluding carboxylic acids is 2. The Labute approximate surface area is 138 Å². The average molecular weight is 331 g/mol. The summed E-state index contributed by atoms with van der Waals surface area (Å²) in [6, 6.07) is 10.6. The molecule has 1 aliphatic rings. The van der Waals surface area contributed by atoms with Gasteiger partial charge in [-0.05, 0) is 30.3 Å². The quantitative estimate of drug-likeness (QED) is 0.807. The fourth-order valence-electron chi connectivity index (χ4n) is 2.33. The van der Waals surface area contributed by atoms with Gasteiger partial charge in [0.2, 0.25) is 5.91 Å². The molecule has 2 aromatic rings. The topological polar surface area (TPSA) is 57.9 Å². The van der Waals surface area contributed by atoms with Gasteiger partial charge in [-0.3, -0.25) is 9.59 Å². The standard InChI is InChI=1S/C16H15ClN4O2/c1-19-7-3-6-14(19)9-18-21-11-15(22)20(10-16(21)23)13-5-2-4-12(17)8-13/h2-9H,10-11H2,1H3/b18-9+. The Balaban J connectivity index is 1.75. The Bertz CT molecular complexity index is 784. The number of hydrogen-bond donors (Lipinski definition) is 0. The second kappa shape index (κ2) is 6.26. The zero-order valence-corrected chi connectivity index (χ0v) is 13.3. The summed E-state index contributed by atoms with van der Waals surface area (Å²) in [5.41, 5.74) is 1.46. The molecule has 118 valence electrons. The van der Waals surface area contributed by atoms with E-state index in [1.807, 2.05) is 29.9 Å². The van der Waals surface area contributed by atoms with Crippen LogP contribution < -0.4 is 4.90 Å². The van der Waals surface area contributed by atoms with E-state index in [0.717, 1.165) is 5.69 Å². The first-order chi connectivity index (χ1) is 11.0. The van der Waals surface area contributed by atoms with E-state index in [1.54, 1.807) is 30.5 Å². The maximum absolute atomic E-state index is 12.3. The molecule has 0 unspecified atom stereocenters. The first kappa shape index (κ1) is 15.3. The largest absolute Gasteiger partial charge is 0.350 e. The van der Waals surface area contributed by atoms with Gasteiger partial charge >= 0.3 is 0 Å². The number of piperazine rings is 1. The Morgan fingerprint density at radius 3 is 2.65 bits per heavy atom. The Hall–Kier alpha value is -2.60. The van der Waals surface area contributed by atoms with Crippen molar-refractivity contribution in [2.75, 3.05) is 18.0 Å². The molecule has 1 aromatic heterocycles. The number of amides is 2. The van der Waals surface area contributed by atoms with Crippen LogP contribution in [0.1, 0.15) is 5.69 Å². The number of halogens is 1. The number of aromatic nitrogens is 1. The first-order valence-corrected chi connectivity index (χ1v) is 7.44. The van der Waals surface area contributed by atoms with Gasteiger partial charge in [-0.25, -0.2) is 5.01 Å². The van der Waals surface area contributed by atoms with Crippen LogP contribution in [-0.2, 0) is 16.6 Å². The van der Waals surface area contributed by atoms with Crippen molar-refractivity contribution < 1.29 is 9.59 Å². The minimum atomic E-state index is -0.241. The number of carbonyl (C=O) groups is 2. The SMILES string of the molecule is Cn1cccc1/C=N/N1CC(=O)N(c2cccc(Cl)c2)CC1=O. The van der Waals surface area contributed by atoms with Crippen LogP contribution in [0.3, 0.4) is 0 Å². The third-order valence-electron chi connectivity index (χ3n) is 3.60. The molecule has 1 aromatic carbocycles. The van der Waals surface area contributed by atoms with E-state index in [1.165, 1.54) is 9.91 Å². The molecule has 1 aliphatic heterocycles. The van der Waals surface area contributed by atoms with Gasteiger partial charge in [-0.15, -0.1) is 0 Å². The van der Waals surface area contributed by atoms with Gasteiger partial charge in [-0.2, -0.15) is 5.10 Å². The number of nitrogens with zero attached hydrogens (tertiary/aromatic N) is 4. The molecule has 0 radical (unpaired) electrons. The number of hydrazone groups is 1. The van der Waals surface area contributed by atoms with E-state index < -0.39 is 0 Å². The highest BCUT2D eigenvalue weighted by Gasteiger charge is 2.30. The lowest BCUT2D eigenvalue weighted by molar-refractivity contribution is -0.138. The van der Waals surface area contributed by atoms with Crippen molar-refractivity contribution in [3.05, 3.63) is 53.3 Å². The van der Waals surface area contributed by atoms with Crippen molar-refractivity contribution in [3.63, 3.8) is 0 Å². The molecular formula is C16H15ClN4O2. The average Bonchev–Trinajstić information content (AvgIpc) is 2.93. The highest BCUT2D eigenvalue weighted by Crippen LogP contribution is 2.21. The molecule has 2 heterocycles. The normalized spacial score (nSPS) is 15.7.